The van der Waals surface area contributed by atoms with Crippen molar-refractivity contribution in [3.8, 4) is 0 Å². The van der Waals surface area contributed by atoms with Gasteiger partial charge < -0.3 is 25.2 Å². The van der Waals surface area contributed by atoms with E-state index in [0.29, 0.717) is 6.61 Å². The number of fused-ring (bicyclic) bond motifs is 2. The van der Waals surface area contributed by atoms with Crippen LogP contribution in [0.15, 0.2) is 36.4 Å². The highest BCUT2D eigenvalue weighted by Crippen LogP contribution is 2.54. The predicted octanol–water partition coefficient (Wildman–Crippen LogP) is 2.34. The molecule has 1 saturated heterocycles. The van der Waals surface area contributed by atoms with Crippen molar-refractivity contribution >= 4 is 11.8 Å². The molecule has 0 unspecified atom stereocenters. The van der Waals surface area contributed by atoms with Gasteiger partial charge in [-0.05, 0) is 59.9 Å². The molecule has 1 saturated carbocycles. The third-order valence-corrected chi connectivity index (χ3v) is 8.41. The molecule has 0 aromatic heterocycles. The fraction of sp³-hybridized carbons (Fsp3) is 0.500. The van der Waals surface area contributed by atoms with Gasteiger partial charge in [-0.25, -0.2) is 0 Å². The lowest BCUT2D eigenvalue weighted by Crippen LogP contribution is -2.58. The Kier molecular flexibility index (Phi) is 5.21. The molecule has 0 bridgehead atoms. The topological polar surface area (TPSA) is 90.2 Å². The molecule has 6 heteroatoms. The van der Waals surface area contributed by atoms with Gasteiger partial charge in [0.15, 0.2) is 4.93 Å². The lowest BCUT2D eigenvalue weighted by atomic mass is 9.89. The number of thioether (sulfide) groups is 1. The second-order valence-corrected chi connectivity index (χ2v) is 10.3. The van der Waals surface area contributed by atoms with E-state index in [1.165, 1.54) is 35.7 Å². The van der Waals surface area contributed by atoms with Crippen molar-refractivity contribution in [1.82, 2.24) is 0 Å². The number of hydrogen-bond donors (Lipinski definition) is 4. The van der Waals surface area contributed by atoms with Crippen LogP contribution in [0.5, 0.6) is 0 Å². The van der Waals surface area contributed by atoms with Crippen molar-refractivity contribution in [2.45, 2.75) is 67.2 Å². The van der Waals surface area contributed by atoms with Crippen LogP contribution < -0.4 is 0 Å². The number of rotatable bonds is 4. The molecule has 5 atom stereocenters. The smallest absolute Gasteiger partial charge is 0.168 e. The first-order valence-electron chi connectivity index (χ1n) is 10.6. The maximum atomic E-state index is 10.9. The summed E-state index contributed by atoms with van der Waals surface area (Å²) in [5.41, 5.74) is 6.77. The number of ether oxygens (including phenoxy) is 1. The molecule has 2 fully saturated rings. The van der Waals surface area contributed by atoms with Gasteiger partial charge in [0.05, 0.1) is 24.6 Å². The molecule has 4 N–H and O–H groups in total. The average Bonchev–Trinajstić information content (AvgIpc) is 3.54. The van der Waals surface area contributed by atoms with Crippen molar-refractivity contribution in [3.05, 3.63) is 69.8 Å². The van der Waals surface area contributed by atoms with E-state index in [1.54, 1.807) is 0 Å². The van der Waals surface area contributed by atoms with Gasteiger partial charge in [-0.15, -0.1) is 11.8 Å². The van der Waals surface area contributed by atoms with E-state index in [0.717, 1.165) is 34.6 Å². The summed E-state index contributed by atoms with van der Waals surface area (Å²) >= 11 is 1.20. The zero-order chi connectivity index (χ0) is 21.0. The Bertz CT molecular complexity index is 939. The van der Waals surface area contributed by atoms with Crippen LogP contribution in [0.3, 0.4) is 0 Å². The van der Waals surface area contributed by atoms with E-state index in [9.17, 15) is 20.4 Å². The SMILES string of the molecule is Cc1cc2c(cc1Cc1ccc(C3CC3)cc1)[C@]1(OC2)S[C@H](CO)[C@@H](O)[C@H](O)[C@H]1O. The lowest BCUT2D eigenvalue weighted by molar-refractivity contribution is -0.147. The van der Waals surface area contributed by atoms with Gasteiger partial charge in [0.25, 0.3) is 0 Å². The molecular formula is C24H28O5S. The van der Waals surface area contributed by atoms with E-state index in [-0.39, 0.29) is 6.61 Å². The Balaban J connectivity index is 1.48. The molecule has 2 aromatic carbocycles. The maximum Gasteiger partial charge on any atom is 0.168 e. The Morgan fingerprint density at radius 1 is 1.07 bits per heavy atom. The van der Waals surface area contributed by atoms with E-state index in [1.807, 2.05) is 0 Å². The number of aliphatic hydroxyl groups is 4. The summed E-state index contributed by atoms with van der Waals surface area (Å²) < 4.78 is 6.05. The molecular weight excluding hydrogens is 400 g/mol. The Morgan fingerprint density at radius 3 is 2.47 bits per heavy atom. The standard InChI is InChI=1S/C24H28O5S/c1-13-8-18-12-29-24(23(28)22(27)21(26)20(11-25)30-24)19(18)10-17(13)9-14-2-4-15(5-3-14)16-6-7-16/h2-5,8,10,16,20-23,25-28H,6-7,9,11-12H2,1H3/t20-,21-,22+,23-,24+/m1/s1. The highest BCUT2D eigenvalue weighted by molar-refractivity contribution is 8.00. The van der Waals surface area contributed by atoms with Crippen molar-refractivity contribution < 1.29 is 25.2 Å². The van der Waals surface area contributed by atoms with Crippen LogP contribution in [0.2, 0.25) is 0 Å². The van der Waals surface area contributed by atoms with Crippen molar-refractivity contribution in [2.75, 3.05) is 6.61 Å². The number of aliphatic hydroxyl groups excluding tert-OH is 4. The summed E-state index contributed by atoms with van der Waals surface area (Å²) in [5.74, 6) is 0.740. The Labute approximate surface area is 180 Å². The molecule has 2 aliphatic heterocycles. The third kappa shape index (κ3) is 3.30. The summed E-state index contributed by atoms with van der Waals surface area (Å²) in [5, 5.41) is 40.6. The molecule has 5 nitrogen and oxygen atoms in total. The van der Waals surface area contributed by atoms with Crippen LogP contribution in [-0.4, -0.2) is 50.6 Å². The Hall–Kier alpha value is -1.41. The van der Waals surface area contributed by atoms with Gasteiger partial charge in [0, 0.05) is 5.56 Å². The van der Waals surface area contributed by atoms with Crippen LogP contribution in [0.1, 0.15) is 52.1 Å². The first-order valence-corrected chi connectivity index (χ1v) is 11.5. The molecule has 0 radical (unpaired) electrons. The highest BCUT2D eigenvalue weighted by atomic mass is 32.2. The van der Waals surface area contributed by atoms with Crippen LogP contribution in [0.4, 0.5) is 0 Å². The maximum absolute atomic E-state index is 10.9. The van der Waals surface area contributed by atoms with Gasteiger partial charge in [-0.3, -0.25) is 0 Å². The zero-order valence-corrected chi connectivity index (χ0v) is 17.8. The summed E-state index contributed by atoms with van der Waals surface area (Å²) in [4.78, 5) is -1.18. The fourth-order valence-electron chi connectivity index (χ4n) is 4.74. The molecule has 1 aliphatic carbocycles. The number of hydrogen-bond acceptors (Lipinski definition) is 6. The molecule has 5 rings (SSSR count). The predicted molar refractivity (Wildman–Crippen MR) is 115 cm³/mol. The van der Waals surface area contributed by atoms with Crippen LogP contribution in [-0.2, 0) is 22.7 Å². The minimum atomic E-state index is -1.38. The summed E-state index contributed by atoms with van der Waals surface area (Å²) in [6.45, 7) is 2.11. The number of benzene rings is 2. The molecule has 2 heterocycles. The molecule has 3 aliphatic rings. The van der Waals surface area contributed by atoms with Crippen molar-refractivity contribution in [3.63, 3.8) is 0 Å². The second kappa shape index (κ2) is 7.62. The second-order valence-electron chi connectivity index (χ2n) is 8.85. The molecule has 2 aromatic rings. The molecule has 1 spiro atoms. The minimum absolute atomic E-state index is 0.303. The van der Waals surface area contributed by atoms with E-state index >= 15 is 0 Å². The molecule has 160 valence electrons. The Morgan fingerprint density at radius 2 is 1.80 bits per heavy atom. The van der Waals surface area contributed by atoms with E-state index in [2.05, 4.69) is 43.3 Å². The quantitative estimate of drug-likeness (QED) is 0.598. The average molecular weight is 429 g/mol. The third-order valence-electron chi connectivity index (χ3n) is 6.75. The van der Waals surface area contributed by atoms with E-state index < -0.39 is 28.5 Å². The van der Waals surface area contributed by atoms with Crippen LogP contribution in [0, 0.1) is 6.92 Å². The zero-order valence-electron chi connectivity index (χ0n) is 17.0. The molecule has 0 amide bonds. The minimum Gasteiger partial charge on any atom is -0.395 e. The van der Waals surface area contributed by atoms with Gasteiger partial charge in [0.2, 0.25) is 0 Å². The van der Waals surface area contributed by atoms with E-state index in [4.69, 9.17) is 4.74 Å². The van der Waals surface area contributed by atoms with Crippen molar-refractivity contribution in [2.24, 2.45) is 0 Å². The summed E-state index contributed by atoms with van der Waals surface area (Å²) in [7, 11) is 0. The van der Waals surface area contributed by atoms with Crippen LogP contribution >= 0.6 is 11.8 Å². The van der Waals surface area contributed by atoms with Gasteiger partial charge >= 0.3 is 0 Å². The summed E-state index contributed by atoms with van der Waals surface area (Å²) in [6.07, 6.45) is -0.510. The highest BCUT2D eigenvalue weighted by Gasteiger charge is 2.57. The van der Waals surface area contributed by atoms with Gasteiger partial charge in [-0.2, -0.15) is 0 Å². The first-order chi connectivity index (χ1) is 14.4. The van der Waals surface area contributed by atoms with Gasteiger partial charge in [-0.1, -0.05) is 36.4 Å². The fourth-order valence-corrected chi connectivity index (χ4v) is 6.28. The normalized spacial score (nSPS) is 33.1. The largest absolute Gasteiger partial charge is 0.395 e. The number of aryl methyl sites for hydroxylation is 1. The summed E-state index contributed by atoms with van der Waals surface area (Å²) in [6, 6.07) is 13.0. The molecule has 30 heavy (non-hydrogen) atoms. The van der Waals surface area contributed by atoms with Crippen molar-refractivity contribution in [1.29, 1.82) is 0 Å². The first kappa shape index (κ1) is 20.5. The van der Waals surface area contributed by atoms with Gasteiger partial charge in [0.1, 0.15) is 12.2 Å². The lowest BCUT2D eigenvalue weighted by Gasteiger charge is -2.45. The van der Waals surface area contributed by atoms with Crippen LogP contribution in [0.25, 0.3) is 0 Å². The monoisotopic (exact) mass is 428 g/mol.